The summed E-state index contributed by atoms with van der Waals surface area (Å²) in [6.45, 7) is 7.89. The van der Waals surface area contributed by atoms with Crippen molar-refractivity contribution in [3.8, 4) is 0 Å². The molecule has 0 saturated carbocycles. The summed E-state index contributed by atoms with van der Waals surface area (Å²) in [5.74, 6) is -0.829. The van der Waals surface area contributed by atoms with Crippen LogP contribution >= 0.6 is 0 Å². The molecule has 3 aromatic carbocycles. The van der Waals surface area contributed by atoms with Gasteiger partial charge in [-0.05, 0) is 65.7 Å². The second kappa shape index (κ2) is 10.7. The van der Waals surface area contributed by atoms with Crippen LogP contribution in [0, 0.1) is 0 Å². The van der Waals surface area contributed by atoms with Crippen molar-refractivity contribution >= 4 is 22.6 Å². The van der Waals surface area contributed by atoms with Gasteiger partial charge < -0.3 is 10.2 Å². The number of hydroxylamine groups is 1. The number of fused-ring (bicyclic) bond motifs is 1. The molecule has 0 spiro atoms. The van der Waals surface area contributed by atoms with Crippen LogP contribution in [0.5, 0.6) is 0 Å². The molecule has 0 radical (unpaired) electrons. The molecule has 6 nitrogen and oxygen atoms in total. The van der Waals surface area contributed by atoms with Gasteiger partial charge in [0.2, 0.25) is 0 Å². The maximum Gasteiger partial charge on any atom is 0.274 e. The predicted octanol–water partition coefficient (Wildman–Crippen LogP) is 3.77. The van der Waals surface area contributed by atoms with Gasteiger partial charge in [-0.25, -0.2) is 5.48 Å². The lowest BCUT2D eigenvalue weighted by atomic mass is 9.97. The average Bonchev–Trinajstić information content (AvgIpc) is 2.83. The van der Waals surface area contributed by atoms with E-state index in [1.165, 1.54) is 23.1 Å². The topological polar surface area (TPSA) is 81.7 Å². The number of hydrogen-bond donors (Lipinski definition) is 3. The minimum Gasteiger partial charge on any atom is -0.348 e. The molecule has 0 aliphatic carbocycles. The van der Waals surface area contributed by atoms with E-state index in [0.717, 1.165) is 37.0 Å². The van der Waals surface area contributed by atoms with Gasteiger partial charge in [-0.15, -0.1) is 0 Å². The molecule has 0 aromatic heterocycles. The Bertz CT molecular complexity index is 1040. The van der Waals surface area contributed by atoms with Crippen molar-refractivity contribution < 1.29 is 14.8 Å². The summed E-state index contributed by atoms with van der Waals surface area (Å²) >= 11 is 0. The van der Waals surface area contributed by atoms with Gasteiger partial charge in [0.05, 0.1) is 0 Å². The van der Waals surface area contributed by atoms with E-state index < -0.39 is 5.91 Å². The van der Waals surface area contributed by atoms with E-state index >= 15 is 0 Å². The van der Waals surface area contributed by atoms with Crippen LogP contribution in [0.15, 0.2) is 60.7 Å². The van der Waals surface area contributed by atoms with Gasteiger partial charge in [-0.3, -0.25) is 14.8 Å². The predicted molar refractivity (Wildman–Crippen MR) is 122 cm³/mol. The fraction of sp³-hybridized carbons (Fsp3) is 0.280. The highest BCUT2D eigenvalue weighted by Crippen LogP contribution is 2.24. The molecule has 0 aliphatic rings. The van der Waals surface area contributed by atoms with Gasteiger partial charge in [0.1, 0.15) is 0 Å². The number of likely N-dealkylation sites (N-methyl/N-ethyl adjacent to an activating group) is 1. The van der Waals surface area contributed by atoms with Crippen LogP contribution in [-0.2, 0) is 13.0 Å². The molecule has 162 valence electrons. The summed E-state index contributed by atoms with van der Waals surface area (Å²) in [6.07, 6.45) is 0.989. The van der Waals surface area contributed by atoms with Crippen LogP contribution in [0.3, 0.4) is 0 Å². The maximum atomic E-state index is 12.5. The Morgan fingerprint density at radius 3 is 1.94 bits per heavy atom. The number of rotatable bonds is 9. The van der Waals surface area contributed by atoms with Crippen molar-refractivity contribution in [3.63, 3.8) is 0 Å². The van der Waals surface area contributed by atoms with Gasteiger partial charge in [-0.1, -0.05) is 50.2 Å². The fourth-order valence-electron chi connectivity index (χ4n) is 3.73. The minimum absolute atomic E-state index is 0.217. The largest absolute Gasteiger partial charge is 0.348 e. The maximum absolute atomic E-state index is 12.5. The molecule has 3 aromatic rings. The zero-order valence-corrected chi connectivity index (χ0v) is 18.0. The molecule has 0 bridgehead atoms. The van der Waals surface area contributed by atoms with Crippen LogP contribution < -0.4 is 10.8 Å². The van der Waals surface area contributed by atoms with Gasteiger partial charge >= 0.3 is 0 Å². The van der Waals surface area contributed by atoms with Crippen molar-refractivity contribution in [1.82, 2.24) is 15.7 Å². The highest BCUT2D eigenvalue weighted by molar-refractivity contribution is 5.97. The molecule has 31 heavy (non-hydrogen) atoms. The average molecular weight is 420 g/mol. The number of hydrogen-bond acceptors (Lipinski definition) is 4. The monoisotopic (exact) mass is 419 g/mol. The molecular weight excluding hydrogens is 390 g/mol. The standard InChI is InChI=1S/C25H29N3O3/c1-3-28(4-2)16-15-18-9-14-21(23-8-6-5-7-22(18)23)17-26-24(29)19-10-12-20(13-11-19)25(30)27-31/h5-14,31H,3-4,15-17H2,1-2H3,(H,26,29)(H,27,30). The highest BCUT2D eigenvalue weighted by Gasteiger charge is 2.11. The smallest absolute Gasteiger partial charge is 0.274 e. The summed E-state index contributed by atoms with van der Waals surface area (Å²) in [4.78, 5) is 26.4. The molecule has 0 atom stereocenters. The Hall–Kier alpha value is -3.22. The van der Waals surface area contributed by atoms with E-state index in [1.807, 2.05) is 6.07 Å². The molecule has 0 fully saturated rings. The first kappa shape index (κ1) is 22.5. The molecule has 0 aliphatic heterocycles. The molecule has 0 saturated heterocycles. The Balaban J connectivity index is 1.72. The lowest BCUT2D eigenvalue weighted by molar-refractivity contribution is 0.0706. The summed E-state index contributed by atoms with van der Waals surface area (Å²) < 4.78 is 0. The Labute approximate surface area is 182 Å². The molecule has 0 heterocycles. The highest BCUT2D eigenvalue weighted by atomic mass is 16.5. The molecule has 6 heteroatoms. The summed E-state index contributed by atoms with van der Waals surface area (Å²) in [5, 5.41) is 14.0. The van der Waals surface area contributed by atoms with E-state index in [1.54, 1.807) is 17.6 Å². The van der Waals surface area contributed by atoms with Gasteiger partial charge in [-0.2, -0.15) is 0 Å². The number of nitrogens with zero attached hydrogens (tertiary/aromatic N) is 1. The van der Waals surface area contributed by atoms with E-state index in [2.05, 4.69) is 54.4 Å². The first-order chi connectivity index (χ1) is 15.1. The van der Waals surface area contributed by atoms with Crippen LogP contribution in [0.4, 0.5) is 0 Å². The third-order valence-corrected chi connectivity index (χ3v) is 5.65. The number of amides is 2. The Morgan fingerprint density at radius 2 is 1.35 bits per heavy atom. The van der Waals surface area contributed by atoms with Gasteiger partial charge in [0, 0.05) is 24.2 Å². The Morgan fingerprint density at radius 1 is 0.806 bits per heavy atom. The van der Waals surface area contributed by atoms with Crippen LogP contribution in [0.1, 0.15) is 45.7 Å². The van der Waals surface area contributed by atoms with Crippen LogP contribution in [0.25, 0.3) is 10.8 Å². The second-order valence-corrected chi connectivity index (χ2v) is 7.41. The van der Waals surface area contributed by atoms with E-state index in [0.29, 0.717) is 12.1 Å². The Kier molecular flexibility index (Phi) is 7.76. The van der Waals surface area contributed by atoms with E-state index in [9.17, 15) is 9.59 Å². The fourth-order valence-corrected chi connectivity index (χ4v) is 3.73. The first-order valence-corrected chi connectivity index (χ1v) is 10.6. The van der Waals surface area contributed by atoms with Crippen molar-refractivity contribution in [1.29, 1.82) is 0 Å². The SMILES string of the molecule is CCN(CC)CCc1ccc(CNC(=O)c2ccc(C(=O)NO)cc2)c2ccccc12. The zero-order valence-electron chi connectivity index (χ0n) is 18.0. The summed E-state index contributed by atoms with van der Waals surface area (Å²) in [5.41, 5.74) is 4.69. The first-order valence-electron chi connectivity index (χ1n) is 10.6. The number of carbonyl (C=O) groups is 2. The number of carbonyl (C=O) groups excluding carboxylic acids is 2. The zero-order chi connectivity index (χ0) is 22.2. The third-order valence-electron chi connectivity index (χ3n) is 5.65. The van der Waals surface area contributed by atoms with E-state index in [-0.39, 0.29) is 11.5 Å². The number of benzene rings is 3. The van der Waals surface area contributed by atoms with Crippen LogP contribution in [0.2, 0.25) is 0 Å². The van der Waals surface area contributed by atoms with Crippen molar-refractivity contribution in [3.05, 3.63) is 82.9 Å². The van der Waals surface area contributed by atoms with Gasteiger partial charge in [0.15, 0.2) is 0 Å². The molecule has 0 unspecified atom stereocenters. The van der Waals surface area contributed by atoms with Gasteiger partial charge in [0.25, 0.3) is 11.8 Å². The van der Waals surface area contributed by atoms with Crippen molar-refractivity contribution in [2.75, 3.05) is 19.6 Å². The summed E-state index contributed by atoms with van der Waals surface area (Å²) in [7, 11) is 0. The molecule has 2 amide bonds. The number of nitrogens with one attached hydrogen (secondary N) is 2. The normalized spacial score (nSPS) is 11.0. The van der Waals surface area contributed by atoms with Crippen molar-refractivity contribution in [2.24, 2.45) is 0 Å². The third kappa shape index (κ3) is 5.48. The van der Waals surface area contributed by atoms with Crippen molar-refractivity contribution in [2.45, 2.75) is 26.8 Å². The molecule has 3 N–H and O–H groups in total. The summed E-state index contributed by atoms with van der Waals surface area (Å²) in [6, 6.07) is 18.7. The molecule has 3 rings (SSSR count). The van der Waals surface area contributed by atoms with Crippen LogP contribution in [-0.4, -0.2) is 41.6 Å². The van der Waals surface area contributed by atoms with E-state index in [4.69, 9.17) is 5.21 Å². The second-order valence-electron chi connectivity index (χ2n) is 7.41. The quantitative estimate of drug-likeness (QED) is 0.364. The lowest BCUT2D eigenvalue weighted by Crippen LogP contribution is -2.25. The lowest BCUT2D eigenvalue weighted by Gasteiger charge is -2.19. The molecular formula is C25H29N3O3. The minimum atomic E-state index is -0.612.